The first-order valence-electron chi connectivity index (χ1n) is 8.87. The summed E-state index contributed by atoms with van der Waals surface area (Å²) in [4.78, 5) is 15.1. The number of hydrogen-bond donors (Lipinski definition) is 0. The van der Waals surface area contributed by atoms with Crippen molar-refractivity contribution >= 4 is 45.4 Å². The van der Waals surface area contributed by atoms with E-state index in [1.54, 1.807) is 22.7 Å². The maximum atomic E-state index is 13.3. The van der Waals surface area contributed by atoms with Gasteiger partial charge in [-0.1, -0.05) is 23.7 Å². The second kappa shape index (κ2) is 9.30. The van der Waals surface area contributed by atoms with Crippen LogP contribution in [-0.2, 0) is 14.8 Å². The summed E-state index contributed by atoms with van der Waals surface area (Å²) in [5.41, 5.74) is 0.922. The summed E-state index contributed by atoms with van der Waals surface area (Å²) in [6.45, 7) is 0.893. The number of thioether (sulfide) groups is 1. The minimum absolute atomic E-state index is 0.0581. The molecule has 1 saturated heterocycles. The zero-order valence-corrected chi connectivity index (χ0v) is 18.1. The van der Waals surface area contributed by atoms with Gasteiger partial charge in [0.1, 0.15) is 5.82 Å². The van der Waals surface area contributed by atoms with Crippen LogP contribution in [0.2, 0.25) is 5.02 Å². The van der Waals surface area contributed by atoms with E-state index in [0.717, 1.165) is 22.6 Å². The Hall–Kier alpha value is -1.87. The van der Waals surface area contributed by atoms with E-state index < -0.39 is 15.8 Å². The zero-order chi connectivity index (χ0) is 21.0. The molecular weight excluding hydrogens is 435 g/mol. The number of halogens is 2. The van der Waals surface area contributed by atoms with Gasteiger partial charge in [0, 0.05) is 37.2 Å². The number of amides is 1. The molecule has 1 aliphatic heterocycles. The summed E-state index contributed by atoms with van der Waals surface area (Å²) in [5.74, 6) is -0.836. The largest absolute Gasteiger partial charge is 0.337 e. The van der Waals surface area contributed by atoms with Gasteiger partial charge in [0.25, 0.3) is 0 Å². The molecule has 2 aromatic carbocycles. The molecule has 0 radical (unpaired) electrons. The van der Waals surface area contributed by atoms with Gasteiger partial charge in [-0.05, 0) is 48.2 Å². The summed E-state index contributed by atoms with van der Waals surface area (Å²) in [6.07, 6.45) is 5.24. The summed E-state index contributed by atoms with van der Waals surface area (Å²) >= 11 is 7.35. The zero-order valence-electron chi connectivity index (χ0n) is 15.7. The van der Waals surface area contributed by atoms with E-state index in [0.29, 0.717) is 0 Å². The minimum Gasteiger partial charge on any atom is -0.337 e. The molecule has 0 aliphatic carbocycles. The number of piperazine rings is 1. The van der Waals surface area contributed by atoms with Gasteiger partial charge in [-0.15, -0.1) is 11.8 Å². The van der Waals surface area contributed by atoms with Crippen molar-refractivity contribution in [3.63, 3.8) is 0 Å². The number of sulfonamides is 1. The highest BCUT2D eigenvalue weighted by Gasteiger charge is 2.30. The molecule has 1 heterocycles. The molecule has 0 aromatic heterocycles. The third kappa shape index (κ3) is 5.19. The molecule has 0 N–H and O–H groups in total. The second-order valence-electron chi connectivity index (χ2n) is 6.41. The van der Waals surface area contributed by atoms with E-state index in [9.17, 15) is 17.6 Å². The normalized spacial score (nSPS) is 15.8. The smallest absolute Gasteiger partial charge is 0.246 e. The van der Waals surface area contributed by atoms with E-state index in [1.165, 1.54) is 16.4 Å². The van der Waals surface area contributed by atoms with Crippen LogP contribution < -0.4 is 0 Å². The van der Waals surface area contributed by atoms with Crippen molar-refractivity contribution in [1.29, 1.82) is 0 Å². The monoisotopic (exact) mass is 454 g/mol. The van der Waals surface area contributed by atoms with E-state index in [-0.39, 0.29) is 42.0 Å². The highest BCUT2D eigenvalue weighted by molar-refractivity contribution is 7.98. The predicted octanol–water partition coefficient (Wildman–Crippen LogP) is 3.75. The predicted molar refractivity (Wildman–Crippen MR) is 114 cm³/mol. The fourth-order valence-corrected chi connectivity index (χ4v) is 5.03. The Bertz CT molecular complexity index is 1020. The molecule has 0 unspecified atom stereocenters. The van der Waals surface area contributed by atoms with Crippen LogP contribution in [0.4, 0.5) is 4.39 Å². The summed E-state index contributed by atoms with van der Waals surface area (Å²) in [5, 5.41) is -0.240. The molecule has 0 spiro atoms. The second-order valence-corrected chi connectivity index (χ2v) is 9.64. The highest BCUT2D eigenvalue weighted by atomic mass is 35.5. The van der Waals surface area contributed by atoms with Crippen molar-refractivity contribution in [1.82, 2.24) is 9.21 Å². The lowest BCUT2D eigenvalue weighted by atomic mass is 10.2. The average molecular weight is 455 g/mol. The minimum atomic E-state index is -3.79. The first kappa shape index (κ1) is 21.8. The molecule has 2 aromatic rings. The fraction of sp³-hybridized carbons (Fsp3) is 0.250. The molecule has 1 fully saturated rings. The van der Waals surface area contributed by atoms with Crippen LogP contribution in [0.1, 0.15) is 5.56 Å². The Balaban J connectivity index is 1.61. The van der Waals surface area contributed by atoms with Gasteiger partial charge < -0.3 is 4.90 Å². The SMILES string of the molecule is CSc1ccc(/C=C/C(=O)N2CCN(S(=O)(=O)c3ccc(F)c(Cl)c3)CC2)cc1. The van der Waals surface area contributed by atoms with Crippen LogP contribution in [-0.4, -0.2) is 56.0 Å². The molecule has 5 nitrogen and oxygen atoms in total. The Labute approximate surface area is 179 Å². The van der Waals surface area contributed by atoms with Crippen molar-refractivity contribution in [3.05, 3.63) is 64.9 Å². The van der Waals surface area contributed by atoms with Crippen LogP contribution in [0.3, 0.4) is 0 Å². The molecule has 0 bridgehead atoms. The van der Waals surface area contributed by atoms with E-state index in [4.69, 9.17) is 11.6 Å². The molecule has 1 amide bonds. The lowest BCUT2D eigenvalue weighted by molar-refractivity contribution is -0.127. The Morgan fingerprint density at radius 2 is 1.76 bits per heavy atom. The van der Waals surface area contributed by atoms with E-state index in [2.05, 4.69) is 0 Å². The molecule has 9 heteroatoms. The Kier molecular flexibility index (Phi) is 7.00. The van der Waals surface area contributed by atoms with Gasteiger partial charge in [-0.25, -0.2) is 12.8 Å². The van der Waals surface area contributed by atoms with Gasteiger partial charge in [0.2, 0.25) is 15.9 Å². The van der Waals surface area contributed by atoms with E-state index in [1.807, 2.05) is 30.5 Å². The Morgan fingerprint density at radius 3 is 2.34 bits per heavy atom. The summed E-state index contributed by atoms with van der Waals surface area (Å²) in [6, 6.07) is 11.2. The van der Waals surface area contributed by atoms with Gasteiger partial charge in [-0.3, -0.25) is 4.79 Å². The lowest BCUT2D eigenvalue weighted by Crippen LogP contribution is -2.50. The van der Waals surface area contributed by atoms with Crippen LogP contribution in [0.25, 0.3) is 6.08 Å². The van der Waals surface area contributed by atoms with Crippen LogP contribution in [0, 0.1) is 5.82 Å². The fourth-order valence-electron chi connectivity index (χ4n) is 2.92. The van der Waals surface area contributed by atoms with Crippen molar-refractivity contribution in [2.75, 3.05) is 32.4 Å². The van der Waals surface area contributed by atoms with Crippen LogP contribution in [0.15, 0.2) is 58.3 Å². The highest BCUT2D eigenvalue weighted by Crippen LogP contribution is 2.23. The number of hydrogen-bond acceptors (Lipinski definition) is 4. The van der Waals surface area contributed by atoms with Crippen molar-refractivity contribution in [3.8, 4) is 0 Å². The molecule has 1 aliphatic rings. The number of carbonyl (C=O) groups excluding carboxylic acids is 1. The Morgan fingerprint density at radius 1 is 1.10 bits per heavy atom. The van der Waals surface area contributed by atoms with Gasteiger partial charge in [0.15, 0.2) is 0 Å². The van der Waals surface area contributed by atoms with Gasteiger partial charge >= 0.3 is 0 Å². The standard InChI is InChI=1S/C20H20ClFN2O3S2/c1-28-16-5-2-15(3-6-16)4-9-20(25)23-10-12-24(13-11-23)29(26,27)17-7-8-19(22)18(21)14-17/h2-9,14H,10-13H2,1H3/b9-4+. The summed E-state index contributed by atoms with van der Waals surface area (Å²) < 4.78 is 40.0. The maximum absolute atomic E-state index is 13.3. The van der Waals surface area contributed by atoms with Crippen LogP contribution >= 0.6 is 23.4 Å². The molecule has 0 atom stereocenters. The number of rotatable bonds is 5. The van der Waals surface area contributed by atoms with Gasteiger partial charge in [0.05, 0.1) is 9.92 Å². The molecule has 3 rings (SSSR count). The van der Waals surface area contributed by atoms with Crippen molar-refractivity contribution in [2.45, 2.75) is 9.79 Å². The third-order valence-corrected chi connectivity index (χ3v) is 7.54. The third-order valence-electron chi connectivity index (χ3n) is 4.61. The quantitative estimate of drug-likeness (QED) is 0.510. The first-order chi connectivity index (χ1) is 13.8. The molecule has 29 heavy (non-hydrogen) atoms. The summed E-state index contributed by atoms with van der Waals surface area (Å²) in [7, 11) is -3.79. The van der Waals surface area contributed by atoms with Crippen LogP contribution in [0.5, 0.6) is 0 Å². The topological polar surface area (TPSA) is 57.7 Å². The average Bonchev–Trinajstić information content (AvgIpc) is 2.74. The molecular formula is C20H20ClFN2O3S2. The number of nitrogens with zero attached hydrogens (tertiary/aromatic N) is 2. The first-order valence-corrected chi connectivity index (χ1v) is 11.9. The van der Waals surface area contributed by atoms with Crippen molar-refractivity contribution in [2.24, 2.45) is 0 Å². The van der Waals surface area contributed by atoms with Crippen molar-refractivity contribution < 1.29 is 17.6 Å². The molecule has 0 saturated carbocycles. The molecule has 154 valence electrons. The van der Waals surface area contributed by atoms with E-state index >= 15 is 0 Å². The maximum Gasteiger partial charge on any atom is 0.246 e. The lowest BCUT2D eigenvalue weighted by Gasteiger charge is -2.33. The number of carbonyl (C=O) groups is 1. The number of benzene rings is 2. The van der Waals surface area contributed by atoms with Gasteiger partial charge in [-0.2, -0.15) is 4.31 Å².